The van der Waals surface area contributed by atoms with E-state index in [4.69, 9.17) is 0 Å². The highest BCUT2D eigenvalue weighted by Gasteiger charge is 1.93. The van der Waals surface area contributed by atoms with Crippen LogP contribution >= 0.6 is 22.7 Å². The molecule has 0 saturated carbocycles. The van der Waals surface area contributed by atoms with Gasteiger partial charge in [-0.05, 0) is 62.5 Å². The lowest BCUT2D eigenvalue weighted by Gasteiger charge is -1.96. The Hall–Kier alpha value is -2.04. The fourth-order valence-electron chi connectivity index (χ4n) is 1.57. The second-order valence-electron chi connectivity index (χ2n) is 4.48. The molecule has 0 atom stereocenters. The molecule has 2 heterocycles. The largest absolute Gasteiger partial charge is 0.262 e. The van der Waals surface area contributed by atoms with Crippen LogP contribution in [0.5, 0.6) is 0 Å². The SMILES string of the molecule is C=Nc1ccccc1N=CC.Cc1cccs1.Cc1cccs1. The van der Waals surface area contributed by atoms with Gasteiger partial charge in [0.05, 0.1) is 11.4 Å². The lowest BCUT2D eigenvalue weighted by atomic mass is 10.3. The molecule has 2 nitrogen and oxygen atoms in total. The molecule has 0 aliphatic carbocycles. The Kier molecular flexibility index (Phi) is 9.52. The number of nitrogens with zero attached hydrogens (tertiary/aromatic N) is 2. The Morgan fingerprint density at radius 2 is 1.35 bits per heavy atom. The minimum atomic E-state index is 0.825. The van der Waals surface area contributed by atoms with Crippen LogP contribution in [0.15, 0.2) is 69.3 Å². The molecule has 3 rings (SSSR count). The van der Waals surface area contributed by atoms with Crippen molar-refractivity contribution < 1.29 is 0 Å². The molecule has 120 valence electrons. The van der Waals surface area contributed by atoms with Crippen LogP contribution in [0.1, 0.15) is 16.7 Å². The van der Waals surface area contributed by atoms with E-state index in [1.807, 2.05) is 31.2 Å². The number of para-hydroxylation sites is 2. The summed E-state index contributed by atoms with van der Waals surface area (Å²) < 4.78 is 0. The van der Waals surface area contributed by atoms with Crippen LogP contribution in [-0.2, 0) is 0 Å². The molecular formula is C19H22N2S2. The number of hydrogen-bond donors (Lipinski definition) is 0. The lowest BCUT2D eigenvalue weighted by molar-refractivity contribution is 1.47. The van der Waals surface area contributed by atoms with Crippen LogP contribution in [0.4, 0.5) is 11.4 Å². The molecule has 0 aliphatic heterocycles. The van der Waals surface area contributed by atoms with Crippen LogP contribution in [0.25, 0.3) is 0 Å². The summed E-state index contributed by atoms with van der Waals surface area (Å²) in [4.78, 5) is 10.7. The van der Waals surface area contributed by atoms with Crippen molar-refractivity contribution in [2.75, 3.05) is 0 Å². The number of hydrogen-bond acceptors (Lipinski definition) is 4. The summed E-state index contributed by atoms with van der Waals surface area (Å²) in [5.41, 5.74) is 1.69. The number of aliphatic imine (C=N–C) groups is 2. The third-order valence-corrected chi connectivity index (χ3v) is 4.25. The Balaban J connectivity index is 0.000000187. The molecule has 2 aromatic heterocycles. The maximum absolute atomic E-state index is 4.12. The van der Waals surface area contributed by atoms with Gasteiger partial charge in [-0.15, -0.1) is 22.7 Å². The predicted octanol–water partition coefficient (Wildman–Crippen LogP) is 6.85. The van der Waals surface area contributed by atoms with Crippen LogP contribution in [0, 0.1) is 13.8 Å². The number of benzene rings is 1. The van der Waals surface area contributed by atoms with Crippen molar-refractivity contribution in [3.63, 3.8) is 0 Å². The van der Waals surface area contributed by atoms with Gasteiger partial charge in [0.1, 0.15) is 0 Å². The van der Waals surface area contributed by atoms with E-state index in [2.05, 4.69) is 65.6 Å². The zero-order valence-corrected chi connectivity index (χ0v) is 15.4. The van der Waals surface area contributed by atoms with Gasteiger partial charge in [-0.2, -0.15) is 0 Å². The van der Waals surface area contributed by atoms with Crippen molar-refractivity contribution in [1.29, 1.82) is 0 Å². The fraction of sp³-hybridized carbons (Fsp3) is 0.158. The molecular weight excluding hydrogens is 320 g/mol. The quantitative estimate of drug-likeness (QED) is 0.455. The van der Waals surface area contributed by atoms with Gasteiger partial charge in [0, 0.05) is 16.0 Å². The first-order valence-electron chi connectivity index (χ1n) is 7.22. The molecule has 0 saturated heterocycles. The second kappa shape index (κ2) is 11.5. The second-order valence-corrected chi connectivity index (χ2v) is 6.79. The third kappa shape index (κ3) is 8.24. The van der Waals surface area contributed by atoms with Crippen LogP contribution < -0.4 is 0 Å². The average molecular weight is 343 g/mol. The molecule has 3 aromatic rings. The predicted molar refractivity (Wildman–Crippen MR) is 108 cm³/mol. The van der Waals surface area contributed by atoms with Gasteiger partial charge in [-0.1, -0.05) is 24.3 Å². The van der Waals surface area contributed by atoms with E-state index < -0.39 is 0 Å². The molecule has 0 aliphatic rings. The van der Waals surface area contributed by atoms with Crippen molar-refractivity contribution in [2.24, 2.45) is 9.98 Å². The van der Waals surface area contributed by atoms with Gasteiger partial charge in [0.25, 0.3) is 0 Å². The van der Waals surface area contributed by atoms with Crippen molar-refractivity contribution in [1.82, 2.24) is 0 Å². The molecule has 23 heavy (non-hydrogen) atoms. The summed E-state index contributed by atoms with van der Waals surface area (Å²) in [5, 5.41) is 4.16. The molecule has 0 unspecified atom stereocenters. The first kappa shape index (κ1) is 19.0. The van der Waals surface area contributed by atoms with E-state index in [1.165, 1.54) is 9.75 Å². The Bertz CT molecular complexity index is 652. The van der Waals surface area contributed by atoms with Crippen LogP contribution in [0.3, 0.4) is 0 Å². The molecule has 0 amide bonds. The van der Waals surface area contributed by atoms with E-state index >= 15 is 0 Å². The summed E-state index contributed by atoms with van der Waals surface area (Å²) in [7, 11) is 0. The van der Waals surface area contributed by atoms with Crippen molar-refractivity contribution >= 4 is 47.0 Å². The van der Waals surface area contributed by atoms with Gasteiger partial charge in [0.2, 0.25) is 0 Å². The minimum absolute atomic E-state index is 0.825. The molecule has 0 radical (unpaired) electrons. The van der Waals surface area contributed by atoms with E-state index in [9.17, 15) is 0 Å². The number of aryl methyl sites for hydroxylation is 2. The smallest absolute Gasteiger partial charge is 0.0881 e. The van der Waals surface area contributed by atoms with Gasteiger partial charge in [-0.3, -0.25) is 9.98 Å². The average Bonchev–Trinajstić information content (AvgIpc) is 3.23. The lowest BCUT2D eigenvalue weighted by Crippen LogP contribution is -1.66. The van der Waals surface area contributed by atoms with Gasteiger partial charge < -0.3 is 0 Å². The Morgan fingerprint density at radius 1 is 0.826 bits per heavy atom. The van der Waals surface area contributed by atoms with Gasteiger partial charge in [0.15, 0.2) is 0 Å². The number of rotatable bonds is 2. The highest BCUT2D eigenvalue weighted by Crippen LogP contribution is 2.25. The third-order valence-electron chi connectivity index (χ3n) is 2.65. The highest BCUT2D eigenvalue weighted by molar-refractivity contribution is 7.10. The normalized spacial score (nSPS) is 9.52. The maximum Gasteiger partial charge on any atom is 0.0881 e. The van der Waals surface area contributed by atoms with E-state index in [-0.39, 0.29) is 0 Å². The molecule has 0 spiro atoms. The van der Waals surface area contributed by atoms with E-state index in [0.717, 1.165) is 11.4 Å². The first-order valence-corrected chi connectivity index (χ1v) is 8.98. The molecule has 0 fully saturated rings. The Morgan fingerprint density at radius 3 is 1.65 bits per heavy atom. The zero-order valence-electron chi connectivity index (χ0n) is 13.8. The minimum Gasteiger partial charge on any atom is -0.262 e. The van der Waals surface area contributed by atoms with Crippen molar-refractivity contribution in [3.8, 4) is 0 Å². The van der Waals surface area contributed by atoms with Gasteiger partial charge >= 0.3 is 0 Å². The van der Waals surface area contributed by atoms with Crippen LogP contribution in [-0.4, -0.2) is 12.9 Å². The van der Waals surface area contributed by atoms with E-state index in [1.54, 1.807) is 28.9 Å². The monoisotopic (exact) mass is 342 g/mol. The zero-order chi connectivity index (χ0) is 16.9. The van der Waals surface area contributed by atoms with E-state index in [0.29, 0.717) is 0 Å². The highest BCUT2D eigenvalue weighted by atomic mass is 32.1. The first-order chi connectivity index (χ1) is 11.2. The molecule has 0 N–H and O–H groups in total. The summed E-state index contributed by atoms with van der Waals surface area (Å²) in [5.74, 6) is 0. The topological polar surface area (TPSA) is 24.7 Å². The standard InChI is InChI=1S/C9H10N2.2C5H6S/c1-3-11-9-7-5-4-6-8(9)10-2;2*1-5-3-2-4-6-5/h3-7H,2H2,1H3;2*2-4H,1H3. The van der Waals surface area contributed by atoms with Crippen molar-refractivity contribution in [2.45, 2.75) is 20.8 Å². The summed E-state index contributed by atoms with van der Waals surface area (Å²) >= 11 is 3.56. The van der Waals surface area contributed by atoms with Crippen LogP contribution in [0.2, 0.25) is 0 Å². The summed E-state index contributed by atoms with van der Waals surface area (Å²) in [6.45, 7) is 9.53. The van der Waals surface area contributed by atoms with Gasteiger partial charge in [-0.25, -0.2) is 0 Å². The summed E-state index contributed by atoms with van der Waals surface area (Å²) in [6.07, 6.45) is 1.74. The Labute approximate surface area is 146 Å². The molecule has 1 aromatic carbocycles. The molecule has 4 heteroatoms. The maximum atomic E-state index is 4.12. The number of thiophene rings is 2. The molecule has 0 bridgehead atoms. The summed E-state index contributed by atoms with van der Waals surface area (Å²) in [6, 6.07) is 15.9. The fourth-order valence-corrected chi connectivity index (χ4v) is 2.63. The van der Waals surface area contributed by atoms with Crippen molar-refractivity contribution in [3.05, 3.63) is 69.0 Å².